The monoisotopic (exact) mass is 262 g/mol. The summed E-state index contributed by atoms with van der Waals surface area (Å²) < 4.78 is 22.3. The van der Waals surface area contributed by atoms with E-state index in [4.69, 9.17) is 5.84 Å². The maximum atomic E-state index is 11.1. The summed E-state index contributed by atoms with van der Waals surface area (Å²) in [7, 11) is -2.87. The summed E-state index contributed by atoms with van der Waals surface area (Å²) in [6.07, 6.45) is 10.8. The molecule has 3 N–H and O–H groups in total. The van der Waals surface area contributed by atoms with Crippen LogP contribution in [-0.2, 0) is 9.84 Å². The van der Waals surface area contributed by atoms with Crippen molar-refractivity contribution in [1.29, 1.82) is 0 Å². The second-order valence-corrected chi connectivity index (χ2v) is 7.64. The molecular formula is C12H26N2O2S. The lowest BCUT2D eigenvalue weighted by Crippen LogP contribution is -2.38. The standard InChI is InChI=1S/C12H26N2O2S/c1-17(15,16)9-8-12(14-13)10-11-6-4-2-3-5-7-11/h11-12,14H,2-10,13H2,1H3. The number of sulfone groups is 1. The van der Waals surface area contributed by atoms with E-state index in [0.29, 0.717) is 6.42 Å². The van der Waals surface area contributed by atoms with Gasteiger partial charge in [0.05, 0.1) is 5.75 Å². The SMILES string of the molecule is CS(=O)(=O)CCC(CC1CCCCCC1)NN. The highest BCUT2D eigenvalue weighted by molar-refractivity contribution is 7.90. The van der Waals surface area contributed by atoms with Crippen LogP contribution in [0.2, 0.25) is 0 Å². The number of hydrogen-bond acceptors (Lipinski definition) is 4. The Morgan fingerprint density at radius 2 is 1.82 bits per heavy atom. The molecule has 1 saturated carbocycles. The van der Waals surface area contributed by atoms with Crippen molar-refractivity contribution in [3.05, 3.63) is 0 Å². The quantitative estimate of drug-likeness (QED) is 0.433. The van der Waals surface area contributed by atoms with Gasteiger partial charge >= 0.3 is 0 Å². The zero-order valence-corrected chi connectivity index (χ0v) is 11.6. The van der Waals surface area contributed by atoms with Crippen molar-refractivity contribution in [2.24, 2.45) is 11.8 Å². The highest BCUT2D eigenvalue weighted by atomic mass is 32.2. The van der Waals surface area contributed by atoms with Gasteiger partial charge in [-0.25, -0.2) is 8.42 Å². The minimum absolute atomic E-state index is 0.146. The first-order valence-electron chi connectivity index (χ1n) is 6.65. The van der Waals surface area contributed by atoms with Crippen molar-refractivity contribution < 1.29 is 8.42 Å². The van der Waals surface area contributed by atoms with E-state index in [1.54, 1.807) is 0 Å². The van der Waals surface area contributed by atoms with Crippen molar-refractivity contribution in [3.63, 3.8) is 0 Å². The molecule has 17 heavy (non-hydrogen) atoms. The molecule has 0 aromatic carbocycles. The number of nitrogens with one attached hydrogen (secondary N) is 1. The molecule has 1 rings (SSSR count). The van der Waals surface area contributed by atoms with Crippen LogP contribution in [0.15, 0.2) is 0 Å². The Hall–Kier alpha value is -0.130. The second-order valence-electron chi connectivity index (χ2n) is 5.38. The fourth-order valence-corrected chi connectivity index (χ4v) is 3.34. The van der Waals surface area contributed by atoms with E-state index in [0.717, 1.165) is 12.3 Å². The predicted octanol–water partition coefficient (Wildman–Crippen LogP) is 1.61. The van der Waals surface area contributed by atoms with Gasteiger partial charge in [-0.1, -0.05) is 38.5 Å². The molecule has 0 heterocycles. The molecule has 102 valence electrons. The van der Waals surface area contributed by atoms with Crippen molar-refractivity contribution in [1.82, 2.24) is 5.43 Å². The average Bonchev–Trinajstić information content (AvgIpc) is 2.51. The van der Waals surface area contributed by atoms with E-state index in [1.807, 2.05) is 0 Å². The van der Waals surface area contributed by atoms with Gasteiger partial charge in [0.1, 0.15) is 9.84 Å². The molecule has 0 bridgehead atoms. The lowest BCUT2D eigenvalue weighted by Gasteiger charge is -2.21. The Balaban J connectivity index is 2.34. The summed E-state index contributed by atoms with van der Waals surface area (Å²) in [6, 6.07) is 0.146. The Morgan fingerprint density at radius 3 is 2.29 bits per heavy atom. The van der Waals surface area contributed by atoms with E-state index < -0.39 is 9.84 Å². The topological polar surface area (TPSA) is 72.2 Å². The predicted molar refractivity (Wildman–Crippen MR) is 71.2 cm³/mol. The van der Waals surface area contributed by atoms with Gasteiger partial charge < -0.3 is 0 Å². The highest BCUT2D eigenvalue weighted by Gasteiger charge is 2.18. The van der Waals surface area contributed by atoms with E-state index in [9.17, 15) is 8.42 Å². The van der Waals surface area contributed by atoms with Gasteiger partial charge in [0.2, 0.25) is 0 Å². The largest absolute Gasteiger partial charge is 0.271 e. The van der Waals surface area contributed by atoms with Crippen LogP contribution in [0.4, 0.5) is 0 Å². The molecule has 1 unspecified atom stereocenters. The Labute approximate surface area is 105 Å². The Bertz CT molecular complexity index is 296. The van der Waals surface area contributed by atoms with Crippen LogP contribution in [0.5, 0.6) is 0 Å². The second kappa shape index (κ2) is 7.34. The van der Waals surface area contributed by atoms with Gasteiger partial charge in [-0.05, 0) is 18.8 Å². The Morgan fingerprint density at radius 1 is 1.24 bits per heavy atom. The van der Waals surface area contributed by atoms with Crippen molar-refractivity contribution in [3.8, 4) is 0 Å². The zero-order chi connectivity index (χ0) is 12.7. The van der Waals surface area contributed by atoms with Crippen LogP contribution in [0, 0.1) is 5.92 Å². The van der Waals surface area contributed by atoms with Crippen molar-refractivity contribution in [2.75, 3.05) is 12.0 Å². The minimum Gasteiger partial charge on any atom is -0.271 e. The molecule has 1 fully saturated rings. The lowest BCUT2D eigenvalue weighted by atomic mass is 9.92. The van der Waals surface area contributed by atoms with E-state index in [-0.39, 0.29) is 11.8 Å². The summed E-state index contributed by atoms with van der Waals surface area (Å²) in [6.45, 7) is 0. The van der Waals surface area contributed by atoms with Gasteiger partial charge in [-0.3, -0.25) is 11.3 Å². The van der Waals surface area contributed by atoms with E-state index >= 15 is 0 Å². The lowest BCUT2D eigenvalue weighted by molar-refractivity contribution is 0.348. The molecule has 0 spiro atoms. The normalized spacial score (nSPS) is 21.1. The smallest absolute Gasteiger partial charge is 0.147 e. The summed E-state index contributed by atoms with van der Waals surface area (Å²) in [5.41, 5.74) is 2.78. The fraction of sp³-hybridized carbons (Fsp3) is 1.00. The molecule has 0 aliphatic heterocycles. The van der Waals surface area contributed by atoms with Gasteiger partial charge in [0.15, 0.2) is 0 Å². The molecule has 0 aromatic heterocycles. The molecule has 5 heteroatoms. The van der Waals surface area contributed by atoms with Crippen LogP contribution >= 0.6 is 0 Å². The number of hydrogen-bond donors (Lipinski definition) is 2. The van der Waals surface area contributed by atoms with E-state index in [2.05, 4.69) is 5.43 Å². The van der Waals surface area contributed by atoms with Crippen LogP contribution in [0.1, 0.15) is 51.4 Å². The first-order chi connectivity index (χ1) is 8.01. The van der Waals surface area contributed by atoms with Gasteiger partial charge in [-0.15, -0.1) is 0 Å². The number of nitrogens with two attached hydrogens (primary N) is 1. The average molecular weight is 262 g/mol. The molecule has 4 nitrogen and oxygen atoms in total. The first-order valence-corrected chi connectivity index (χ1v) is 8.71. The summed E-state index contributed by atoms with van der Waals surface area (Å²) in [4.78, 5) is 0. The summed E-state index contributed by atoms with van der Waals surface area (Å²) >= 11 is 0. The molecule has 1 aliphatic rings. The third-order valence-corrected chi connectivity index (χ3v) is 4.64. The van der Waals surface area contributed by atoms with Crippen LogP contribution in [-0.4, -0.2) is 26.5 Å². The molecule has 1 aliphatic carbocycles. The maximum absolute atomic E-state index is 11.1. The first kappa shape index (κ1) is 14.9. The number of rotatable bonds is 6. The third-order valence-electron chi connectivity index (χ3n) is 3.67. The molecule has 0 saturated heterocycles. The van der Waals surface area contributed by atoms with Crippen LogP contribution in [0.3, 0.4) is 0 Å². The minimum atomic E-state index is -2.87. The zero-order valence-electron chi connectivity index (χ0n) is 10.8. The van der Waals surface area contributed by atoms with Crippen LogP contribution in [0.25, 0.3) is 0 Å². The van der Waals surface area contributed by atoms with Crippen LogP contribution < -0.4 is 11.3 Å². The summed E-state index contributed by atoms with van der Waals surface area (Å²) in [5.74, 6) is 6.46. The van der Waals surface area contributed by atoms with Gasteiger partial charge in [-0.2, -0.15) is 0 Å². The number of hydrazine groups is 1. The summed E-state index contributed by atoms with van der Waals surface area (Å²) in [5, 5.41) is 0. The maximum Gasteiger partial charge on any atom is 0.147 e. The molecular weight excluding hydrogens is 236 g/mol. The highest BCUT2D eigenvalue weighted by Crippen LogP contribution is 2.26. The molecule has 0 aromatic rings. The van der Waals surface area contributed by atoms with E-state index in [1.165, 1.54) is 44.8 Å². The van der Waals surface area contributed by atoms with Crippen molar-refractivity contribution >= 4 is 9.84 Å². The Kier molecular flexibility index (Phi) is 6.44. The van der Waals surface area contributed by atoms with Gasteiger partial charge in [0, 0.05) is 12.3 Å². The molecule has 0 radical (unpaired) electrons. The van der Waals surface area contributed by atoms with Gasteiger partial charge in [0.25, 0.3) is 0 Å². The molecule has 0 amide bonds. The fourth-order valence-electron chi connectivity index (χ4n) is 2.63. The third kappa shape index (κ3) is 7.01. The van der Waals surface area contributed by atoms with Crippen molar-refractivity contribution in [2.45, 2.75) is 57.4 Å². The molecule has 1 atom stereocenters.